The van der Waals surface area contributed by atoms with Crippen molar-refractivity contribution in [2.45, 2.75) is 37.6 Å². The number of halogens is 1. The van der Waals surface area contributed by atoms with E-state index in [4.69, 9.17) is 0 Å². The molecule has 0 saturated heterocycles. The van der Waals surface area contributed by atoms with Crippen molar-refractivity contribution in [2.75, 3.05) is 12.3 Å². The number of benzene rings is 1. The quantitative estimate of drug-likeness (QED) is 0.878. The van der Waals surface area contributed by atoms with Crippen LogP contribution < -0.4 is 10.6 Å². The topological polar surface area (TPSA) is 59.0 Å². The Morgan fingerprint density at radius 1 is 1.44 bits per heavy atom. The van der Waals surface area contributed by atoms with E-state index in [1.165, 1.54) is 17.7 Å². The summed E-state index contributed by atoms with van der Waals surface area (Å²) in [5.74, 6) is 0.647. The van der Waals surface area contributed by atoms with Crippen molar-refractivity contribution in [1.82, 2.24) is 20.4 Å². The van der Waals surface area contributed by atoms with Crippen LogP contribution in [-0.4, -0.2) is 28.1 Å². The molecule has 2 aromatic rings. The first-order valence-corrected chi connectivity index (χ1v) is 9.40. The molecule has 3 rings (SSSR count). The van der Waals surface area contributed by atoms with E-state index in [1.54, 1.807) is 17.8 Å². The Balaban J connectivity index is 1.56. The predicted octanol–water partition coefficient (Wildman–Crippen LogP) is 3.25. The van der Waals surface area contributed by atoms with Crippen LogP contribution >= 0.6 is 11.8 Å². The highest BCUT2D eigenvalue weighted by Crippen LogP contribution is 2.36. The molecule has 1 unspecified atom stereocenters. The number of carbonyl (C=O) groups is 1. The zero-order valence-electron chi connectivity index (χ0n) is 14.7. The van der Waals surface area contributed by atoms with Crippen LogP contribution in [0.3, 0.4) is 0 Å². The van der Waals surface area contributed by atoms with Gasteiger partial charge in [0.25, 0.3) is 0 Å². The van der Waals surface area contributed by atoms with Gasteiger partial charge in [0, 0.05) is 29.9 Å². The van der Waals surface area contributed by atoms with Gasteiger partial charge in [-0.3, -0.25) is 4.68 Å². The summed E-state index contributed by atoms with van der Waals surface area (Å²) in [5, 5.41) is 10.3. The number of nitrogens with one attached hydrogen (secondary N) is 2. The van der Waals surface area contributed by atoms with Gasteiger partial charge in [-0.05, 0) is 56.0 Å². The molecule has 134 valence electrons. The zero-order valence-corrected chi connectivity index (χ0v) is 15.5. The molecule has 2 amide bonds. The minimum absolute atomic E-state index is 0.145. The molecule has 25 heavy (non-hydrogen) atoms. The van der Waals surface area contributed by atoms with Gasteiger partial charge < -0.3 is 10.6 Å². The lowest BCUT2D eigenvalue weighted by Crippen LogP contribution is -2.39. The van der Waals surface area contributed by atoms with E-state index in [-0.39, 0.29) is 17.9 Å². The summed E-state index contributed by atoms with van der Waals surface area (Å²) < 4.78 is 15.4. The monoisotopic (exact) mass is 362 g/mol. The van der Waals surface area contributed by atoms with Crippen LogP contribution in [0.15, 0.2) is 23.1 Å². The average Bonchev–Trinajstić information content (AvgIpc) is 2.81. The molecule has 5 nitrogen and oxygen atoms in total. The molecule has 1 aliphatic heterocycles. The summed E-state index contributed by atoms with van der Waals surface area (Å²) in [5.41, 5.74) is 4.15. The van der Waals surface area contributed by atoms with E-state index >= 15 is 0 Å². The fourth-order valence-corrected chi connectivity index (χ4v) is 4.31. The van der Waals surface area contributed by atoms with Gasteiger partial charge in [0.05, 0.1) is 11.7 Å². The Labute approximate surface area is 151 Å². The van der Waals surface area contributed by atoms with Crippen molar-refractivity contribution >= 4 is 17.8 Å². The lowest BCUT2D eigenvalue weighted by atomic mass is 10.0. The summed E-state index contributed by atoms with van der Waals surface area (Å²) >= 11 is 1.70. The lowest BCUT2D eigenvalue weighted by Gasteiger charge is -2.26. The standard InChI is InChI=1S/C18H23FN4OS/c1-11-14(12(2)23(3)22-11)6-8-20-18(24)21-16-7-9-25-17-5-4-13(19)10-15(16)17/h4-5,10,16H,6-9H2,1-3H3,(H2,20,21,24). The summed E-state index contributed by atoms with van der Waals surface area (Å²) in [6.07, 6.45) is 1.54. The molecule has 2 N–H and O–H groups in total. The number of hydrogen-bond donors (Lipinski definition) is 2. The Morgan fingerprint density at radius 2 is 2.24 bits per heavy atom. The molecular weight excluding hydrogens is 339 g/mol. The van der Waals surface area contributed by atoms with Crippen LogP contribution in [0.4, 0.5) is 9.18 Å². The lowest BCUT2D eigenvalue weighted by molar-refractivity contribution is 0.236. The number of amides is 2. The number of rotatable bonds is 4. The molecule has 0 bridgehead atoms. The van der Waals surface area contributed by atoms with Crippen molar-refractivity contribution < 1.29 is 9.18 Å². The number of aromatic nitrogens is 2. The third-order valence-corrected chi connectivity index (χ3v) is 5.76. The summed E-state index contributed by atoms with van der Waals surface area (Å²) in [4.78, 5) is 13.3. The van der Waals surface area contributed by atoms with Crippen molar-refractivity contribution in [3.8, 4) is 0 Å². The van der Waals surface area contributed by atoms with Gasteiger partial charge in [-0.2, -0.15) is 5.10 Å². The van der Waals surface area contributed by atoms with Crippen LogP contribution in [0, 0.1) is 19.7 Å². The first kappa shape index (κ1) is 17.8. The van der Waals surface area contributed by atoms with E-state index < -0.39 is 0 Å². The number of thioether (sulfide) groups is 1. The number of urea groups is 1. The third kappa shape index (κ3) is 3.98. The highest BCUT2D eigenvalue weighted by molar-refractivity contribution is 7.99. The van der Waals surface area contributed by atoms with Gasteiger partial charge >= 0.3 is 6.03 Å². The Morgan fingerprint density at radius 3 is 2.96 bits per heavy atom. The maximum Gasteiger partial charge on any atom is 0.315 e. The number of carbonyl (C=O) groups excluding carboxylic acids is 1. The largest absolute Gasteiger partial charge is 0.338 e. The first-order valence-electron chi connectivity index (χ1n) is 8.41. The number of nitrogens with zero attached hydrogens (tertiary/aromatic N) is 2. The molecule has 7 heteroatoms. The van der Waals surface area contributed by atoms with Crippen LogP contribution in [0.1, 0.15) is 35.0 Å². The maximum atomic E-state index is 13.5. The molecule has 1 aromatic carbocycles. The number of aryl methyl sites for hydroxylation is 2. The third-order valence-electron chi connectivity index (χ3n) is 4.64. The smallest absolute Gasteiger partial charge is 0.315 e. The molecule has 0 spiro atoms. The van der Waals surface area contributed by atoms with Crippen molar-refractivity contribution in [2.24, 2.45) is 7.05 Å². The minimum atomic E-state index is -0.268. The summed E-state index contributed by atoms with van der Waals surface area (Å²) in [6.45, 7) is 4.55. The summed E-state index contributed by atoms with van der Waals surface area (Å²) in [6, 6.07) is 4.41. The zero-order chi connectivity index (χ0) is 18.0. The van der Waals surface area contributed by atoms with Gasteiger partial charge in [-0.15, -0.1) is 11.8 Å². The molecule has 1 atom stereocenters. The van der Waals surface area contributed by atoms with Crippen LogP contribution in [0.2, 0.25) is 0 Å². The normalized spacial score (nSPS) is 16.4. The van der Waals surface area contributed by atoms with Crippen LogP contribution in [-0.2, 0) is 13.5 Å². The Bertz CT molecular complexity index is 790. The molecule has 2 heterocycles. The summed E-state index contributed by atoms with van der Waals surface area (Å²) in [7, 11) is 1.92. The van der Waals surface area contributed by atoms with E-state index in [2.05, 4.69) is 15.7 Å². The van der Waals surface area contributed by atoms with Gasteiger partial charge in [0.15, 0.2) is 0 Å². The van der Waals surface area contributed by atoms with Gasteiger partial charge in [-0.25, -0.2) is 9.18 Å². The van der Waals surface area contributed by atoms with Gasteiger partial charge in [-0.1, -0.05) is 0 Å². The molecule has 0 aliphatic carbocycles. The second-order valence-electron chi connectivity index (χ2n) is 6.30. The minimum Gasteiger partial charge on any atom is -0.338 e. The molecule has 0 radical (unpaired) electrons. The van der Waals surface area contributed by atoms with Crippen molar-refractivity contribution in [3.63, 3.8) is 0 Å². The second-order valence-corrected chi connectivity index (χ2v) is 7.43. The van der Waals surface area contributed by atoms with Gasteiger partial charge in [0.1, 0.15) is 5.82 Å². The number of hydrogen-bond acceptors (Lipinski definition) is 3. The highest BCUT2D eigenvalue weighted by atomic mass is 32.2. The molecule has 1 aliphatic rings. The highest BCUT2D eigenvalue weighted by Gasteiger charge is 2.22. The predicted molar refractivity (Wildman–Crippen MR) is 97.4 cm³/mol. The van der Waals surface area contributed by atoms with E-state index in [1.807, 2.05) is 25.6 Å². The molecule has 1 aromatic heterocycles. The Hall–Kier alpha value is -2.02. The average molecular weight is 362 g/mol. The molecular formula is C18H23FN4OS. The molecule has 0 fully saturated rings. The van der Waals surface area contributed by atoms with Crippen molar-refractivity contribution in [3.05, 3.63) is 46.5 Å². The van der Waals surface area contributed by atoms with E-state index in [0.717, 1.165) is 40.4 Å². The first-order chi connectivity index (χ1) is 12.0. The van der Waals surface area contributed by atoms with Gasteiger partial charge in [0.2, 0.25) is 0 Å². The number of fused-ring (bicyclic) bond motifs is 1. The fraction of sp³-hybridized carbons (Fsp3) is 0.444. The maximum absolute atomic E-state index is 13.5. The SMILES string of the molecule is Cc1nn(C)c(C)c1CCNC(=O)NC1CCSc2ccc(F)cc21. The molecule has 0 saturated carbocycles. The Kier molecular flexibility index (Phi) is 5.32. The second kappa shape index (κ2) is 7.47. The fourth-order valence-electron chi connectivity index (χ4n) is 3.20. The van der Waals surface area contributed by atoms with E-state index in [0.29, 0.717) is 6.54 Å². The van der Waals surface area contributed by atoms with Crippen LogP contribution in [0.5, 0.6) is 0 Å². The van der Waals surface area contributed by atoms with Crippen LogP contribution in [0.25, 0.3) is 0 Å². The van der Waals surface area contributed by atoms with E-state index in [9.17, 15) is 9.18 Å². The van der Waals surface area contributed by atoms with Crippen molar-refractivity contribution in [1.29, 1.82) is 0 Å².